The summed E-state index contributed by atoms with van der Waals surface area (Å²) >= 11 is 3.34. The molecule has 0 radical (unpaired) electrons. The first-order valence-corrected chi connectivity index (χ1v) is 11.5. The van der Waals surface area contributed by atoms with Gasteiger partial charge in [0.05, 0.1) is 12.8 Å². The second-order valence-electron chi connectivity index (χ2n) is 6.70. The smallest absolute Gasteiger partial charge is 0.246 e. The molecule has 0 unspecified atom stereocenters. The van der Waals surface area contributed by atoms with Gasteiger partial charge in [-0.25, -0.2) is 8.42 Å². The fourth-order valence-corrected chi connectivity index (χ4v) is 5.43. The van der Waals surface area contributed by atoms with Crippen molar-refractivity contribution in [1.82, 2.24) is 19.5 Å². The van der Waals surface area contributed by atoms with Gasteiger partial charge in [0.15, 0.2) is 5.82 Å². The Morgan fingerprint density at radius 1 is 1.03 bits per heavy atom. The van der Waals surface area contributed by atoms with E-state index in [0.29, 0.717) is 36.4 Å². The molecule has 0 spiro atoms. The molecule has 0 N–H and O–H groups in total. The molecule has 1 aliphatic heterocycles. The minimum Gasteiger partial charge on any atom is -0.495 e. The fourth-order valence-electron chi connectivity index (χ4n) is 3.31. The van der Waals surface area contributed by atoms with Gasteiger partial charge >= 0.3 is 0 Å². The molecule has 8 nitrogen and oxygen atoms in total. The van der Waals surface area contributed by atoms with Crippen molar-refractivity contribution < 1.29 is 13.2 Å². The molecule has 0 saturated carbocycles. The van der Waals surface area contributed by atoms with Gasteiger partial charge < -0.3 is 9.64 Å². The molecule has 2 aromatic heterocycles. The van der Waals surface area contributed by atoms with Gasteiger partial charge in [0, 0.05) is 48.6 Å². The Balaban J connectivity index is 1.47. The number of piperazine rings is 1. The molecule has 4 rings (SSSR count). The van der Waals surface area contributed by atoms with E-state index in [1.807, 2.05) is 29.2 Å². The molecule has 0 atom stereocenters. The second kappa shape index (κ2) is 8.66. The van der Waals surface area contributed by atoms with Crippen molar-refractivity contribution >= 4 is 31.8 Å². The van der Waals surface area contributed by atoms with E-state index in [0.717, 1.165) is 17.1 Å². The van der Waals surface area contributed by atoms with Crippen LogP contribution in [0.2, 0.25) is 0 Å². The third-order valence-electron chi connectivity index (χ3n) is 4.91. The van der Waals surface area contributed by atoms with Gasteiger partial charge in [0.25, 0.3) is 0 Å². The number of pyridine rings is 1. The van der Waals surface area contributed by atoms with Gasteiger partial charge in [-0.2, -0.15) is 4.31 Å². The molecule has 156 valence electrons. The maximum absolute atomic E-state index is 13.1. The third kappa shape index (κ3) is 4.16. The number of aromatic nitrogens is 3. The van der Waals surface area contributed by atoms with E-state index < -0.39 is 10.0 Å². The summed E-state index contributed by atoms with van der Waals surface area (Å²) in [7, 11) is -2.20. The highest BCUT2D eigenvalue weighted by molar-refractivity contribution is 9.10. The van der Waals surface area contributed by atoms with Gasteiger partial charge in [-0.15, -0.1) is 10.2 Å². The van der Waals surface area contributed by atoms with Crippen LogP contribution in [0.3, 0.4) is 0 Å². The van der Waals surface area contributed by atoms with Crippen molar-refractivity contribution in [2.75, 3.05) is 38.2 Å². The molecule has 0 bridgehead atoms. The Hall–Kier alpha value is -2.56. The summed E-state index contributed by atoms with van der Waals surface area (Å²) in [6, 6.07) is 12.5. The highest BCUT2D eigenvalue weighted by atomic mass is 79.9. The van der Waals surface area contributed by atoms with Crippen molar-refractivity contribution in [1.29, 1.82) is 0 Å². The van der Waals surface area contributed by atoms with Crippen LogP contribution in [0.5, 0.6) is 5.75 Å². The minimum absolute atomic E-state index is 0.161. The Morgan fingerprint density at radius 2 is 1.83 bits per heavy atom. The summed E-state index contributed by atoms with van der Waals surface area (Å²) < 4.78 is 33.7. The quantitative estimate of drug-likeness (QED) is 0.544. The van der Waals surface area contributed by atoms with E-state index in [1.54, 1.807) is 30.6 Å². The van der Waals surface area contributed by atoms with Crippen LogP contribution in [0.25, 0.3) is 11.3 Å². The number of benzene rings is 1. The summed E-state index contributed by atoms with van der Waals surface area (Å²) in [6.07, 6.45) is 3.45. The Morgan fingerprint density at radius 3 is 2.47 bits per heavy atom. The maximum atomic E-state index is 13.1. The zero-order valence-electron chi connectivity index (χ0n) is 16.3. The van der Waals surface area contributed by atoms with Crippen LogP contribution in [0.4, 0.5) is 5.82 Å². The zero-order valence-corrected chi connectivity index (χ0v) is 18.7. The van der Waals surface area contributed by atoms with Gasteiger partial charge in [-0.3, -0.25) is 4.98 Å². The molecule has 1 aromatic carbocycles. The van der Waals surface area contributed by atoms with Gasteiger partial charge in [0.2, 0.25) is 10.0 Å². The number of hydrogen-bond donors (Lipinski definition) is 0. The van der Waals surface area contributed by atoms with Crippen LogP contribution < -0.4 is 9.64 Å². The molecule has 1 fully saturated rings. The monoisotopic (exact) mass is 489 g/mol. The molecule has 1 aliphatic rings. The van der Waals surface area contributed by atoms with Crippen molar-refractivity contribution in [2.24, 2.45) is 0 Å². The number of hydrogen-bond acceptors (Lipinski definition) is 7. The first-order chi connectivity index (χ1) is 14.5. The molecular formula is C20H20BrN5O3S. The number of anilines is 1. The number of methoxy groups -OCH3 is 1. The van der Waals surface area contributed by atoms with E-state index in [9.17, 15) is 8.42 Å². The summed E-state index contributed by atoms with van der Waals surface area (Å²) in [4.78, 5) is 6.29. The van der Waals surface area contributed by atoms with Crippen LogP contribution in [0.15, 0.2) is 64.2 Å². The Bertz CT molecular complexity index is 1120. The van der Waals surface area contributed by atoms with E-state index in [-0.39, 0.29) is 4.90 Å². The predicted molar refractivity (Wildman–Crippen MR) is 117 cm³/mol. The summed E-state index contributed by atoms with van der Waals surface area (Å²) in [5.74, 6) is 1.05. The maximum Gasteiger partial charge on any atom is 0.246 e. The number of nitrogens with zero attached hydrogens (tertiary/aromatic N) is 5. The number of sulfonamides is 1. The summed E-state index contributed by atoms with van der Waals surface area (Å²) in [5.41, 5.74) is 1.64. The second-order valence-corrected chi connectivity index (χ2v) is 9.53. The lowest BCUT2D eigenvalue weighted by molar-refractivity contribution is 0.373. The van der Waals surface area contributed by atoms with E-state index in [1.165, 1.54) is 11.4 Å². The molecule has 0 amide bonds. The number of halogens is 1. The lowest BCUT2D eigenvalue weighted by Crippen LogP contribution is -2.49. The highest BCUT2D eigenvalue weighted by Crippen LogP contribution is 2.30. The first kappa shape index (κ1) is 20.7. The van der Waals surface area contributed by atoms with Crippen molar-refractivity contribution in [3.8, 4) is 17.0 Å². The third-order valence-corrected chi connectivity index (χ3v) is 7.33. The number of ether oxygens (including phenoxy) is 1. The van der Waals surface area contributed by atoms with E-state index >= 15 is 0 Å². The summed E-state index contributed by atoms with van der Waals surface area (Å²) in [5, 5.41) is 8.60. The normalized spacial score (nSPS) is 15.2. The lowest BCUT2D eigenvalue weighted by Gasteiger charge is -2.34. The first-order valence-electron chi connectivity index (χ1n) is 9.32. The largest absolute Gasteiger partial charge is 0.495 e. The standard InChI is InChI=1S/C20H20BrN5O3S/c1-29-18-6-4-16(21)13-19(18)30(27,28)26-11-9-25(10-12-26)20-7-5-17(23-24-20)15-3-2-8-22-14-15/h2-8,13-14H,9-12H2,1H3. The Kier molecular flexibility index (Phi) is 5.98. The predicted octanol–water partition coefficient (Wildman–Crippen LogP) is 2.82. The molecule has 30 heavy (non-hydrogen) atoms. The van der Waals surface area contributed by atoms with E-state index in [4.69, 9.17) is 4.74 Å². The zero-order chi connectivity index (χ0) is 21.1. The lowest BCUT2D eigenvalue weighted by atomic mass is 10.2. The average Bonchev–Trinajstić information content (AvgIpc) is 2.80. The van der Waals surface area contributed by atoms with Gasteiger partial charge in [-0.05, 0) is 42.5 Å². The minimum atomic E-state index is -3.67. The van der Waals surface area contributed by atoms with E-state index in [2.05, 4.69) is 31.1 Å². The molecule has 1 saturated heterocycles. The molecule has 0 aliphatic carbocycles. The number of rotatable bonds is 5. The van der Waals surface area contributed by atoms with Crippen molar-refractivity contribution in [3.63, 3.8) is 0 Å². The highest BCUT2D eigenvalue weighted by Gasteiger charge is 2.31. The van der Waals surface area contributed by atoms with Crippen molar-refractivity contribution in [2.45, 2.75) is 4.90 Å². The van der Waals surface area contributed by atoms with Crippen LogP contribution in [0.1, 0.15) is 0 Å². The van der Waals surface area contributed by atoms with Crippen LogP contribution in [-0.2, 0) is 10.0 Å². The van der Waals surface area contributed by atoms with Crippen LogP contribution >= 0.6 is 15.9 Å². The van der Waals surface area contributed by atoms with Crippen LogP contribution in [0, 0.1) is 0 Å². The van der Waals surface area contributed by atoms with Crippen LogP contribution in [-0.4, -0.2) is 61.2 Å². The molecule has 3 aromatic rings. The molecular weight excluding hydrogens is 470 g/mol. The molecule has 3 heterocycles. The average molecular weight is 490 g/mol. The Labute approximate surface area is 183 Å². The van der Waals surface area contributed by atoms with Crippen molar-refractivity contribution in [3.05, 3.63) is 59.3 Å². The summed E-state index contributed by atoms with van der Waals surface area (Å²) in [6.45, 7) is 1.75. The SMILES string of the molecule is COc1ccc(Br)cc1S(=O)(=O)N1CCN(c2ccc(-c3cccnc3)nn2)CC1. The van der Waals surface area contributed by atoms with Gasteiger partial charge in [0.1, 0.15) is 10.6 Å². The molecule has 10 heteroatoms. The fraction of sp³-hybridized carbons (Fsp3) is 0.250. The van der Waals surface area contributed by atoms with Gasteiger partial charge in [-0.1, -0.05) is 15.9 Å². The topological polar surface area (TPSA) is 88.5 Å².